The van der Waals surface area contributed by atoms with E-state index in [4.69, 9.17) is 12.2 Å². The van der Waals surface area contributed by atoms with E-state index in [1.807, 2.05) is 29.2 Å². The summed E-state index contributed by atoms with van der Waals surface area (Å²) in [5.74, 6) is 0.783. The molecule has 34 heavy (non-hydrogen) atoms. The van der Waals surface area contributed by atoms with Crippen LogP contribution in [0.2, 0.25) is 0 Å². The number of amides is 2. The Morgan fingerprint density at radius 1 is 1.06 bits per heavy atom. The highest BCUT2D eigenvalue weighted by atomic mass is 32.2. The molecule has 2 aromatic rings. The zero-order chi connectivity index (χ0) is 23.9. The molecule has 6 heteroatoms. The summed E-state index contributed by atoms with van der Waals surface area (Å²) >= 11 is 6.80. The van der Waals surface area contributed by atoms with Crippen molar-refractivity contribution >= 4 is 46.2 Å². The minimum Gasteiger partial charge on any atom is -0.343 e. The average molecular weight is 493 g/mol. The molecule has 178 valence electrons. The van der Waals surface area contributed by atoms with Gasteiger partial charge in [0.1, 0.15) is 4.32 Å². The van der Waals surface area contributed by atoms with Crippen molar-refractivity contribution in [3.63, 3.8) is 0 Å². The second kappa shape index (κ2) is 11.8. The number of thioether (sulfide) groups is 1. The molecular formula is C28H32N2O2S2. The third kappa shape index (κ3) is 6.36. The molecule has 2 amide bonds. The summed E-state index contributed by atoms with van der Waals surface area (Å²) in [6, 6.07) is 18.8. The molecule has 0 aromatic heterocycles. The molecule has 0 atom stereocenters. The number of nitrogens with zero attached hydrogens (tertiary/aromatic N) is 2. The molecule has 0 unspecified atom stereocenters. The second-order valence-corrected chi connectivity index (χ2v) is 10.7. The van der Waals surface area contributed by atoms with Crippen LogP contribution in [0.5, 0.6) is 0 Å². The number of carbonyl (C=O) groups excluding carboxylic acids is 2. The summed E-state index contributed by atoms with van der Waals surface area (Å²) < 4.78 is 0.579. The quantitative estimate of drug-likeness (QED) is 0.350. The molecule has 0 aliphatic carbocycles. The van der Waals surface area contributed by atoms with Crippen LogP contribution in [0.3, 0.4) is 0 Å². The van der Waals surface area contributed by atoms with Gasteiger partial charge in [0.2, 0.25) is 5.91 Å². The first-order valence-electron chi connectivity index (χ1n) is 12.2. The third-order valence-corrected chi connectivity index (χ3v) is 8.04. The topological polar surface area (TPSA) is 40.6 Å². The van der Waals surface area contributed by atoms with Crippen molar-refractivity contribution < 1.29 is 9.59 Å². The van der Waals surface area contributed by atoms with E-state index in [1.54, 1.807) is 4.90 Å². The number of hydrogen-bond donors (Lipinski definition) is 0. The molecule has 2 fully saturated rings. The van der Waals surface area contributed by atoms with E-state index >= 15 is 0 Å². The van der Waals surface area contributed by atoms with E-state index in [0.29, 0.717) is 34.5 Å². The Bertz CT molecular complexity index is 1040. The zero-order valence-corrected chi connectivity index (χ0v) is 21.4. The predicted molar refractivity (Wildman–Crippen MR) is 144 cm³/mol. The normalized spacial score (nSPS) is 18.2. The summed E-state index contributed by atoms with van der Waals surface area (Å²) in [6.45, 7) is 4.28. The average Bonchev–Trinajstić information content (AvgIpc) is 3.13. The van der Waals surface area contributed by atoms with Gasteiger partial charge in [-0.1, -0.05) is 85.5 Å². The Morgan fingerprint density at radius 2 is 1.76 bits per heavy atom. The summed E-state index contributed by atoms with van der Waals surface area (Å²) in [7, 11) is 0. The number of piperidine rings is 1. The van der Waals surface area contributed by atoms with Gasteiger partial charge in [-0.2, -0.15) is 0 Å². The van der Waals surface area contributed by atoms with E-state index in [9.17, 15) is 9.59 Å². The standard InChI is InChI=1S/C28H32N2O2S2/c1-2-21-10-12-23(13-11-21)20-25-27(32)30(28(33)34-25)16-6-9-26(31)29-17-14-24(15-18-29)19-22-7-4-3-5-8-22/h3-5,7-8,10-13,20,24H,2,6,9,14-19H2,1H3. The predicted octanol–water partition coefficient (Wildman–Crippen LogP) is 5.71. The van der Waals surface area contributed by atoms with E-state index in [2.05, 4.69) is 43.3 Å². The summed E-state index contributed by atoms with van der Waals surface area (Å²) in [5, 5.41) is 0. The maximum atomic E-state index is 12.9. The number of aryl methyl sites for hydroxylation is 1. The highest BCUT2D eigenvalue weighted by Crippen LogP contribution is 2.33. The Kier molecular flexibility index (Phi) is 8.57. The molecule has 0 N–H and O–H groups in total. The van der Waals surface area contributed by atoms with Crippen LogP contribution in [0, 0.1) is 5.92 Å². The monoisotopic (exact) mass is 492 g/mol. The van der Waals surface area contributed by atoms with Crippen molar-refractivity contribution in [2.45, 2.75) is 45.4 Å². The van der Waals surface area contributed by atoms with Crippen LogP contribution in [0.25, 0.3) is 6.08 Å². The fourth-order valence-electron chi connectivity index (χ4n) is 4.57. The minimum absolute atomic E-state index is 0.0521. The lowest BCUT2D eigenvalue weighted by Gasteiger charge is -2.32. The van der Waals surface area contributed by atoms with Crippen molar-refractivity contribution in [1.82, 2.24) is 9.80 Å². The summed E-state index contributed by atoms with van der Waals surface area (Å²) in [5.41, 5.74) is 3.65. The van der Waals surface area contributed by atoms with Crippen molar-refractivity contribution in [1.29, 1.82) is 0 Å². The lowest BCUT2D eigenvalue weighted by Crippen LogP contribution is -2.39. The van der Waals surface area contributed by atoms with Gasteiger partial charge in [0, 0.05) is 26.1 Å². The number of likely N-dealkylation sites (tertiary alicyclic amines) is 1. The third-order valence-electron chi connectivity index (χ3n) is 6.67. The van der Waals surface area contributed by atoms with Crippen molar-refractivity contribution in [3.8, 4) is 0 Å². The van der Waals surface area contributed by atoms with Gasteiger partial charge in [0.25, 0.3) is 5.91 Å². The van der Waals surface area contributed by atoms with Crippen LogP contribution in [0.15, 0.2) is 59.5 Å². The highest BCUT2D eigenvalue weighted by molar-refractivity contribution is 8.26. The SMILES string of the molecule is CCc1ccc(C=C2SC(=S)N(CCCC(=O)N3CCC(Cc4ccccc4)CC3)C2=O)cc1. The Morgan fingerprint density at radius 3 is 2.44 bits per heavy atom. The number of thiocarbonyl (C=S) groups is 1. The lowest BCUT2D eigenvalue weighted by molar-refractivity contribution is -0.133. The van der Waals surface area contributed by atoms with E-state index < -0.39 is 0 Å². The van der Waals surface area contributed by atoms with E-state index in [-0.39, 0.29) is 11.8 Å². The van der Waals surface area contributed by atoms with Crippen molar-refractivity contribution in [2.24, 2.45) is 5.92 Å². The first-order chi connectivity index (χ1) is 16.5. The van der Waals surface area contributed by atoms with Gasteiger partial charge in [-0.15, -0.1) is 0 Å². The molecule has 4 rings (SSSR count). The van der Waals surface area contributed by atoms with Crippen LogP contribution in [-0.4, -0.2) is 45.6 Å². The number of benzene rings is 2. The van der Waals surface area contributed by atoms with Crippen LogP contribution in [0.1, 0.15) is 49.3 Å². The van der Waals surface area contributed by atoms with Gasteiger partial charge in [-0.3, -0.25) is 14.5 Å². The molecule has 2 saturated heterocycles. The van der Waals surface area contributed by atoms with Crippen molar-refractivity contribution in [2.75, 3.05) is 19.6 Å². The van der Waals surface area contributed by atoms with Crippen LogP contribution in [-0.2, 0) is 22.4 Å². The first kappa shape index (κ1) is 24.7. The first-order valence-corrected chi connectivity index (χ1v) is 13.4. The number of rotatable bonds is 8. The lowest BCUT2D eigenvalue weighted by atomic mass is 9.90. The zero-order valence-electron chi connectivity index (χ0n) is 19.7. The van der Waals surface area contributed by atoms with Crippen LogP contribution in [0.4, 0.5) is 0 Å². The Hall–Kier alpha value is -2.44. The van der Waals surface area contributed by atoms with Crippen LogP contribution < -0.4 is 0 Å². The molecular weight excluding hydrogens is 460 g/mol. The van der Waals surface area contributed by atoms with Gasteiger partial charge < -0.3 is 4.90 Å². The van der Waals surface area contributed by atoms with Crippen LogP contribution >= 0.6 is 24.0 Å². The van der Waals surface area contributed by atoms with Gasteiger partial charge in [0.05, 0.1) is 4.91 Å². The highest BCUT2D eigenvalue weighted by Gasteiger charge is 2.32. The molecule has 4 nitrogen and oxygen atoms in total. The van der Waals surface area contributed by atoms with E-state index in [0.717, 1.165) is 44.3 Å². The minimum atomic E-state index is -0.0521. The molecule has 0 spiro atoms. The second-order valence-electron chi connectivity index (χ2n) is 9.05. The Labute approximate surface area is 212 Å². The fraction of sp³-hybridized carbons (Fsp3) is 0.393. The smallest absolute Gasteiger partial charge is 0.266 e. The Balaban J connectivity index is 1.21. The van der Waals surface area contributed by atoms with E-state index in [1.165, 1.54) is 22.9 Å². The molecule has 2 aliphatic heterocycles. The van der Waals surface area contributed by atoms with Gasteiger partial charge >= 0.3 is 0 Å². The van der Waals surface area contributed by atoms with Gasteiger partial charge in [-0.25, -0.2) is 0 Å². The molecule has 0 saturated carbocycles. The maximum Gasteiger partial charge on any atom is 0.266 e. The van der Waals surface area contributed by atoms with Gasteiger partial charge in [-0.05, 0) is 60.8 Å². The molecule has 0 bridgehead atoms. The molecule has 0 radical (unpaired) electrons. The summed E-state index contributed by atoms with van der Waals surface area (Å²) in [6.07, 6.45) is 7.19. The van der Waals surface area contributed by atoms with Gasteiger partial charge in [0.15, 0.2) is 0 Å². The van der Waals surface area contributed by atoms with Crippen molar-refractivity contribution in [3.05, 3.63) is 76.2 Å². The molecule has 2 aliphatic rings. The molecule has 2 heterocycles. The number of carbonyl (C=O) groups is 2. The largest absolute Gasteiger partial charge is 0.343 e. The summed E-state index contributed by atoms with van der Waals surface area (Å²) in [4.78, 5) is 29.9. The molecule has 2 aromatic carbocycles. The number of hydrogen-bond acceptors (Lipinski definition) is 4. The maximum absolute atomic E-state index is 12.9. The fourth-order valence-corrected chi connectivity index (χ4v) is 5.88.